The molecule has 0 spiro atoms. The van der Waals surface area contributed by atoms with Crippen molar-refractivity contribution in [1.29, 1.82) is 0 Å². The molecule has 0 unspecified atom stereocenters. The van der Waals surface area contributed by atoms with Gasteiger partial charge in [0.2, 0.25) is 0 Å². The van der Waals surface area contributed by atoms with E-state index in [9.17, 15) is 4.79 Å². The first-order valence-corrected chi connectivity index (χ1v) is 7.97. The Bertz CT molecular complexity index is 879. The lowest BCUT2D eigenvalue weighted by Gasteiger charge is -2.06. The first-order valence-electron chi connectivity index (χ1n) is 6.60. The van der Waals surface area contributed by atoms with Crippen LogP contribution in [-0.4, -0.2) is 16.5 Å². The number of nitrogens with zero attached hydrogens (tertiary/aromatic N) is 2. The van der Waals surface area contributed by atoms with Crippen LogP contribution in [0.2, 0.25) is 5.02 Å². The molecule has 0 saturated heterocycles. The molecule has 3 aromatic rings. The van der Waals surface area contributed by atoms with Crippen molar-refractivity contribution in [3.63, 3.8) is 0 Å². The van der Waals surface area contributed by atoms with Gasteiger partial charge < -0.3 is 4.74 Å². The van der Waals surface area contributed by atoms with Gasteiger partial charge in [-0.3, -0.25) is 9.20 Å². The average molecular weight is 333 g/mol. The van der Waals surface area contributed by atoms with Gasteiger partial charge in [-0.2, -0.15) is 0 Å². The molecule has 6 heteroatoms. The van der Waals surface area contributed by atoms with Crippen LogP contribution in [0.5, 0.6) is 5.75 Å². The van der Waals surface area contributed by atoms with Crippen LogP contribution in [0.15, 0.2) is 58.4 Å². The summed E-state index contributed by atoms with van der Waals surface area (Å²) in [6, 6.07) is 12.8. The van der Waals surface area contributed by atoms with Crippen molar-refractivity contribution in [2.24, 2.45) is 0 Å². The van der Waals surface area contributed by atoms with Gasteiger partial charge in [-0.05, 0) is 30.3 Å². The molecule has 2 heterocycles. The van der Waals surface area contributed by atoms with E-state index < -0.39 is 0 Å². The minimum Gasteiger partial charge on any atom is -0.497 e. The highest BCUT2D eigenvalue weighted by atomic mass is 35.5. The van der Waals surface area contributed by atoms with E-state index in [2.05, 4.69) is 4.98 Å². The summed E-state index contributed by atoms with van der Waals surface area (Å²) in [5.41, 5.74) is 1.20. The van der Waals surface area contributed by atoms with Crippen LogP contribution < -0.4 is 10.3 Å². The zero-order valence-corrected chi connectivity index (χ0v) is 13.4. The van der Waals surface area contributed by atoms with Gasteiger partial charge in [0.1, 0.15) is 11.4 Å². The van der Waals surface area contributed by atoms with E-state index in [0.717, 1.165) is 16.3 Å². The van der Waals surface area contributed by atoms with Crippen LogP contribution in [0.1, 0.15) is 5.69 Å². The molecule has 0 radical (unpaired) electrons. The number of halogens is 1. The Kier molecular flexibility index (Phi) is 4.36. The van der Waals surface area contributed by atoms with E-state index in [0.29, 0.717) is 16.4 Å². The molecule has 0 amide bonds. The summed E-state index contributed by atoms with van der Waals surface area (Å²) in [6.07, 6.45) is 1.57. The summed E-state index contributed by atoms with van der Waals surface area (Å²) < 4.78 is 6.65. The standard InChI is InChI=1S/C16H13ClN2O2S/c1-21-13-3-2-4-14(8-13)22-10-12-7-16(20)19-9-11(17)5-6-15(19)18-12/h2-9H,10H2,1H3. The van der Waals surface area contributed by atoms with E-state index >= 15 is 0 Å². The molecular weight excluding hydrogens is 320 g/mol. The monoisotopic (exact) mass is 332 g/mol. The van der Waals surface area contributed by atoms with Gasteiger partial charge in [-0.1, -0.05) is 17.7 Å². The predicted octanol–water partition coefficient (Wildman–Crippen LogP) is 3.65. The van der Waals surface area contributed by atoms with Crippen LogP contribution in [-0.2, 0) is 5.75 Å². The quantitative estimate of drug-likeness (QED) is 0.684. The zero-order valence-electron chi connectivity index (χ0n) is 11.8. The molecule has 112 valence electrons. The maximum Gasteiger partial charge on any atom is 0.258 e. The van der Waals surface area contributed by atoms with Gasteiger partial charge in [-0.15, -0.1) is 11.8 Å². The van der Waals surface area contributed by atoms with Crippen molar-refractivity contribution in [3.8, 4) is 5.75 Å². The number of hydrogen-bond acceptors (Lipinski definition) is 4. The summed E-state index contributed by atoms with van der Waals surface area (Å²) in [5.74, 6) is 1.42. The third-order valence-electron chi connectivity index (χ3n) is 3.10. The Hall–Kier alpha value is -1.98. The van der Waals surface area contributed by atoms with Crippen molar-refractivity contribution in [3.05, 3.63) is 69.7 Å². The van der Waals surface area contributed by atoms with Crippen molar-refractivity contribution in [2.45, 2.75) is 10.6 Å². The Morgan fingerprint density at radius 1 is 1.27 bits per heavy atom. The fourth-order valence-corrected chi connectivity index (χ4v) is 3.05. The normalized spacial score (nSPS) is 10.8. The second-order valence-electron chi connectivity index (χ2n) is 4.63. The van der Waals surface area contributed by atoms with Gasteiger partial charge in [0.15, 0.2) is 0 Å². The molecule has 0 aliphatic rings. The SMILES string of the molecule is COc1cccc(SCc2cc(=O)n3cc(Cl)ccc3n2)c1. The van der Waals surface area contributed by atoms with E-state index in [1.165, 1.54) is 10.5 Å². The van der Waals surface area contributed by atoms with Gasteiger partial charge in [0.05, 0.1) is 17.8 Å². The molecule has 0 N–H and O–H groups in total. The lowest BCUT2D eigenvalue weighted by molar-refractivity contribution is 0.413. The number of hydrogen-bond donors (Lipinski definition) is 0. The van der Waals surface area contributed by atoms with Crippen molar-refractivity contribution in [2.75, 3.05) is 7.11 Å². The number of ether oxygens (including phenoxy) is 1. The fourth-order valence-electron chi connectivity index (χ4n) is 2.05. The van der Waals surface area contributed by atoms with Crippen LogP contribution in [0.25, 0.3) is 5.65 Å². The molecule has 22 heavy (non-hydrogen) atoms. The highest BCUT2D eigenvalue weighted by Crippen LogP contribution is 2.25. The third kappa shape index (κ3) is 3.26. The Morgan fingerprint density at radius 2 is 2.14 bits per heavy atom. The minimum absolute atomic E-state index is 0.131. The number of rotatable bonds is 4. The number of thioether (sulfide) groups is 1. The average Bonchev–Trinajstić information content (AvgIpc) is 2.54. The third-order valence-corrected chi connectivity index (χ3v) is 4.36. The molecule has 3 rings (SSSR count). The lowest BCUT2D eigenvalue weighted by atomic mass is 10.3. The number of aromatic nitrogens is 2. The summed E-state index contributed by atoms with van der Waals surface area (Å²) in [6.45, 7) is 0. The van der Waals surface area contributed by atoms with Gasteiger partial charge >= 0.3 is 0 Å². The summed E-state index contributed by atoms with van der Waals surface area (Å²) >= 11 is 7.50. The molecule has 0 bridgehead atoms. The van der Waals surface area contributed by atoms with E-state index in [1.54, 1.807) is 37.2 Å². The first kappa shape index (κ1) is 14.9. The van der Waals surface area contributed by atoms with Crippen molar-refractivity contribution >= 4 is 29.0 Å². The Labute approximate surface area is 136 Å². The van der Waals surface area contributed by atoms with Gasteiger partial charge in [-0.25, -0.2) is 4.98 Å². The fraction of sp³-hybridized carbons (Fsp3) is 0.125. The second kappa shape index (κ2) is 6.42. The zero-order chi connectivity index (χ0) is 15.5. The summed E-state index contributed by atoms with van der Waals surface area (Å²) in [4.78, 5) is 17.7. The maximum atomic E-state index is 12.1. The Balaban J connectivity index is 1.85. The smallest absolute Gasteiger partial charge is 0.258 e. The van der Waals surface area contributed by atoms with Crippen LogP contribution in [0.4, 0.5) is 0 Å². The second-order valence-corrected chi connectivity index (χ2v) is 6.11. The molecule has 0 fully saturated rings. The summed E-state index contributed by atoms with van der Waals surface area (Å²) in [5, 5.41) is 0.509. The topological polar surface area (TPSA) is 43.6 Å². The number of fused-ring (bicyclic) bond motifs is 1. The first-order chi connectivity index (χ1) is 10.7. The van der Waals surface area contributed by atoms with Crippen LogP contribution in [0, 0.1) is 0 Å². The molecule has 4 nitrogen and oxygen atoms in total. The van der Waals surface area contributed by atoms with E-state index in [4.69, 9.17) is 16.3 Å². The molecule has 1 aromatic carbocycles. The molecule has 0 aliphatic carbocycles. The Morgan fingerprint density at radius 3 is 2.95 bits per heavy atom. The lowest BCUT2D eigenvalue weighted by Crippen LogP contribution is -2.14. The van der Waals surface area contributed by atoms with E-state index in [1.807, 2.05) is 24.3 Å². The molecule has 0 aliphatic heterocycles. The largest absolute Gasteiger partial charge is 0.497 e. The van der Waals surface area contributed by atoms with Gasteiger partial charge in [0.25, 0.3) is 5.56 Å². The molecule has 0 atom stereocenters. The van der Waals surface area contributed by atoms with Crippen molar-refractivity contribution in [1.82, 2.24) is 9.38 Å². The highest BCUT2D eigenvalue weighted by molar-refractivity contribution is 7.98. The van der Waals surface area contributed by atoms with Crippen LogP contribution in [0.3, 0.4) is 0 Å². The molecule has 0 saturated carbocycles. The minimum atomic E-state index is -0.131. The maximum absolute atomic E-state index is 12.1. The number of methoxy groups -OCH3 is 1. The summed E-state index contributed by atoms with van der Waals surface area (Å²) in [7, 11) is 1.64. The van der Waals surface area contributed by atoms with Crippen LogP contribution >= 0.6 is 23.4 Å². The predicted molar refractivity (Wildman–Crippen MR) is 89.0 cm³/mol. The molecule has 2 aromatic heterocycles. The number of pyridine rings is 1. The van der Waals surface area contributed by atoms with Crippen molar-refractivity contribution < 1.29 is 4.74 Å². The highest BCUT2D eigenvalue weighted by Gasteiger charge is 2.04. The molecular formula is C16H13ClN2O2S. The number of benzene rings is 1. The van der Waals surface area contributed by atoms with E-state index in [-0.39, 0.29) is 5.56 Å². The van der Waals surface area contributed by atoms with Gasteiger partial charge in [0, 0.05) is 22.9 Å².